The van der Waals surface area contributed by atoms with E-state index in [0.717, 1.165) is 56.8 Å². The summed E-state index contributed by atoms with van der Waals surface area (Å²) in [5.74, 6) is 2.05. The third kappa shape index (κ3) is 2.44. The Morgan fingerprint density at radius 3 is 2.36 bits per heavy atom. The maximum atomic E-state index is 11.8. The number of hydrogen-bond acceptors (Lipinski definition) is 2. The summed E-state index contributed by atoms with van der Waals surface area (Å²) >= 11 is 0. The quantitative estimate of drug-likeness (QED) is 0.748. The summed E-state index contributed by atoms with van der Waals surface area (Å²) in [6.45, 7) is 6.92. The smallest absolute Gasteiger partial charge is 0.307 e. The highest BCUT2D eigenvalue weighted by molar-refractivity contribution is 5.71. The summed E-state index contributed by atoms with van der Waals surface area (Å²) in [7, 11) is 0. The monoisotopic (exact) mass is 348 g/mol. The van der Waals surface area contributed by atoms with Gasteiger partial charge in [0.2, 0.25) is 0 Å². The Morgan fingerprint density at radius 1 is 0.960 bits per heavy atom. The van der Waals surface area contributed by atoms with Crippen LogP contribution in [0.5, 0.6) is 0 Å². The number of hydrogen-bond donors (Lipinski definition) is 2. The van der Waals surface area contributed by atoms with Gasteiger partial charge in [-0.15, -0.1) is 0 Å². The van der Waals surface area contributed by atoms with Crippen molar-refractivity contribution in [3.63, 3.8) is 0 Å². The molecule has 0 amide bonds. The van der Waals surface area contributed by atoms with E-state index in [4.69, 9.17) is 0 Å². The summed E-state index contributed by atoms with van der Waals surface area (Å²) < 4.78 is 0. The molecule has 0 aromatic carbocycles. The Hall–Kier alpha value is -0.570. The number of carboxylic acids is 1. The van der Waals surface area contributed by atoms with Crippen LogP contribution in [0, 0.1) is 40.4 Å². The van der Waals surface area contributed by atoms with E-state index in [1.165, 1.54) is 19.3 Å². The standard InChI is InChI=1S/C22H36O3/c1-4-22(25)12-11-20(2)14(13-22)5-6-15-16-7-8-18(19(23)24)21(16,3)10-9-17(15)20/h14-18,25H,4-13H2,1-3H3,(H,23,24)/t14-,15+,16+,17+,18-,20+,21+,22-/m1/s1. The minimum Gasteiger partial charge on any atom is -0.481 e. The third-order valence-corrected chi connectivity index (χ3v) is 9.78. The van der Waals surface area contributed by atoms with Crippen LogP contribution in [0.3, 0.4) is 0 Å². The van der Waals surface area contributed by atoms with E-state index in [1.54, 1.807) is 0 Å². The van der Waals surface area contributed by atoms with E-state index in [-0.39, 0.29) is 11.3 Å². The summed E-state index contributed by atoms with van der Waals surface area (Å²) in [5.41, 5.74) is -0.0378. The first-order chi connectivity index (χ1) is 11.7. The topological polar surface area (TPSA) is 57.5 Å². The van der Waals surface area contributed by atoms with E-state index < -0.39 is 11.6 Å². The van der Waals surface area contributed by atoms with Gasteiger partial charge < -0.3 is 10.2 Å². The molecule has 0 radical (unpaired) electrons. The molecule has 3 heteroatoms. The van der Waals surface area contributed by atoms with Crippen LogP contribution in [0.25, 0.3) is 0 Å². The lowest BCUT2D eigenvalue weighted by atomic mass is 9.44. The first kappa shape index (κ1) is 17.8. The first-order valence-electron chi connectivity index (χ1n) is 10.7. The van der Waals surface area contributed by atoms with Gasteiger partial charge in [0.15, 0.2) is 0 Å². The Morgan fingerprint density at radius 2 is 1.68 bits per heavy atom. The first-order valence-corrected chi connectivity index (χ1v) is 10.7. The minimum absolute atomic E-state index is 0.0228. The molecular formula is C22H36O3. The normalized spacial score (nSPS) is 55.1. The minimum atomic E-state index is -0.561. The van der Waals surface area contributed by atoms with Crippen molar-refractivity contribution in [3.05, 3.63) is 0 Å². The predicted octanol–water partition coefficient (Wildman–Crippen LogP) is 4.87. The molecule has 0 unspecified atom stereocenters. The Kier molecular flexibility index (Phi) is 4.07. The molecular weight excluding hydrogens is 312 g/mol. The van der Waals surface area contributed by atoms with Gasteiger partial charge in [-0.05, 0) is 98.7 Å². The molecule has 4 saturated carbocycles. The van der Waals surface area contributed by atoms with Gasteiger partial charge in [-0.25, -0.2) is 0 Å². The molecule has 4 fully saturated rings. The van der Waals surface area contributed by atoms with Gasteiger partial charge in [-0.2, -0.15) is 0 Å². The maximum absolute atomic E-state index is 11.8. The van der Waals surface area contributed by atoms with Gasteiger partial charge >= 0.3 is 5.97 Å². The molecule has 142 valence electrons. The van der Waals surface area contributed by atoms with Crippen LogP contribution in [0.1, 0.15) is 85.0 Å². The van der Waals surface area contributed by atoms with Crippen molar-refractivity contribution in [2.75, 3.05) is 0 Å². The highest BCUT2D eigenvalue weighted by atomic mass is 16.4. The third-order valence-electron chi connectivity index (χ3n) is 9.78. The second-order valence-electron chi connectivity index (χ2n) is 10.5. The summed E-state index contributed by atoms with van der Waals surface area (Å²) in [4.78, 5) is 11.8. The molecule has 0 saturated heterocycles. The van der Waals surface area contributed by atoms with E-state index >= 15 is 0 Å². The van der Waals surface area contributed by atoms with E-state index in [0.29, 0.717) is 17.3 Å². The fourth-order valence-corrected chi connectivity index (χ4v) is 8.05. The molecule has 25 heavy (non-hydrogen) atoms. The molecule has 0 spiro atoms. The van der Waals surface area contributed by atoms with Gasteiger partial charge in [0.05, 0.1) is 11.5 Å². The van der Waals surface area contributed by atoms with E-state index in [2.05, 4.69) is 20.8 Å². The van der Waals surface area contributed by atoms with Gasteiger partial charge in [0.25, 0.3) is 0 Å². The average molecular weight is 349 g/mol. The van der Waals surface area contributed by atoms with Crippen molar-refractivity contribution in [2.24, 2.45) is 40.4 Å². The molecule has 0 aromatic rings. The largest absolute Gasteiger partial charge is 0.481 e. The van der Waals surface area contributed by atoms with Crippen LogP contribution >= 0.6 is 0 Å². The Bertz CT molecular complexity index is 559. The summed E-state index contributed by atoms with van der Waals surface area (Å²) in [6.07, 6.45) is 10.8. The highest BCUT2D eigenvalue weighted by Gasteiger charge is 2.62. The zero-order valence-corrected chi connectivity index (χ0v) is 16.3. The Balaban J connectivity index is 1.59. The lowest BCUT2D eigenvalue weighted by Gasteiger charge is -2.62. The number of carboxylic acid groups (broad SMARTS) is 1. The zero-order valence-electron chi connectivity index (χ0n) is 16.3. The van der Waals surface area contributed by atoms with Crippen molar-refractivity contribution < 1.29 is 15.0 Å². The summed E-state index contributed by atoms with van der Waals surface area (Å²) in [6, 6.07) is 0. The molecule has 4 rings (SSSR count). The van der Waals surface area contributed by atoms with Crippen molar-refractivity contribution in [1.82, 2.24) is 0 Å². The lowest BCUT2D eigenvalue weighted by molar-refractivity contribution is -0.161. The van der Waals surface area contributed by atoms with E-state index in [9.17, 15) is 15.0 Å². The molecule has 4 aliphatic carbocycles. The van der Waals surface area contributed by atoms with Gasteiger partial charge in [-0.1, -0.05) is 20.8 Å². The number of fused-ring (bicyclic) bond motifs is 5. The van der Waals surface area contributed by atoms with Crippen LogP contribution < -0.4 is 0 Å². The van der Waals surface area contributed by atoms with Crippen molar-refractivity contribution >= 4 is 5.97 Å². The molecule has 3 nitrogen and oxygen atoms in total. The number of carbonyl (C=O) groups is 1. The predicted molar refractivity (Wildman–Crippen MR) is 98.1 cm³/mol. The SMILES string of the molecule is CC[C@@]1(O)CC[C@@]2(C)[C@H](CC[C@@H]3[C@@H]2CC[C@]2(C)[C@@H](C(=O)O)CC[C@@H]32)C1. The highest BCUT2D eigenvalue weighted by Crippen LogP contribution is 2.68. The number of aliphatic hydroxyl groups is 1. The molecule has 0 bridgehead atoms. The molecule has 8 atom stereocenters. The van der Waals surface area contributed by atoms with Crippen LogP contribution in [-0.4, -0.2) is 21.8 Å². The molecule has 0 aliphatic heterocycles. The van der Waals surface area contributed by atoms with Crippen molar-refractivity contribution in [2.45, 2.75) is 90.6 Å². The molecule has 0 heterocycles. The lowest BCUT2D eigenvalue weighted by Crippen LogP contribution is -2.56. The number of aliphatic carboxylic acids is 1. The van der Waals surface area contributed by atoms with Crippen molar-refractivity contribution in [3.8, 4) is 0 Å². The van der Waals surface area contributed by atoms with Gasteiger partial charge in [0.1, 0.15) is 0 Å². The second-order valence-corrected chi connectivity index (χ2v) is 10.5. The van der Waals surface area contributed by atoms with Crippen molar-refractivity contribution in [1.29, 1.82) is 0 Å². The van der Waals surface area contributed by atoms with Crippen LogP contribution in [0.4, 0.5) is 0 Å². The second kappa shape index (κ2) is 5.71. The van der Waals surface area contributed by atoms with Crippen LogP contribution in [0.2, 0.25) is 0 Å². The van der Waals surface area contributed by atoms with Gasteiger partial charge in [-0.3, -0.25) is 4.79 Å². The fraction of sp³-hybridized carbons (Fsp3) is 0.955. The average Bonchev–Trinajstić information content (AvgIpc) is 2.93. The van der Waals surface area contributed by atoms with Crippen LogP contribution in [-0.2, 0) is 4.79 Å². The summed E-state index contributed by atoms with van der Waals surface area (Å²) in [5, 5.41) is 20.6. The molecule has 4 aliphatic rings. The fourth-order valence-electron chi connectivity index (χ4n) is 8.05. The zero-order chi connectivity index (χ0) is 18.0. The van der Waals surface area contributed by atoms with E-state index in [1.807, 2.05) is 0 Å². The van der Waals surface area contributed by atoms with Crippen LogP contribution in [0.15, 0.2) is 0 Å². The number of rotatable bonds is 2. The Labute approximate surface area is 152 Å². The molecule has 0 aromatic heterocycles. The van der Waals surface area contributed by atoms with Gasteiger partial charge in [0, 0.05) is 0 Å². The molecule has 2 N–H and O–H groups in total. The maximum Gasteiger partial charge on any atom is 0.307 e.